The van der Waals surface area contributed by atoms with Crippen LogP contribution in [0, 0.1) is 5.41 Å². The van der Waals surface area contributed by atoms with Crippen LogP contribution in [0.4, 0.5) is 0 Å². The van der Waals surface area contributed by atoms with E-state index in [0.717, 1.165) is 50.9 Å². The fourth-order valence-electron chi connectivity index (χ4n) is 4.73. The number of hydrogen-bond donors (Lipinski definition) is 0. The Balaban J connectivity index is 1.33. The van der Waals surface area contributed by atoms with Crippen LogP contribution in [0.25, 0.3) is 0 Å². The lowest BCUT2D eigenvalue weighted by Crippen LogP contribution is -2.53. The zero-order valence-electron chi connectivity index (χ0n) is 16.3. The molecule has 28 heavy (non-hydrogen) atoms. The molecule has 3 saturated heterocycles. The minimum atomic E-state index is 0.0608. The van der Waals surface area contributed by atoms with Gasteiger partial charge in [-0.1, -0.05) is 0 Å². The van der Waals surface area contributed by atoms with Crippen molar-refractivity contribution >= 4 is 17.7 Å². The monoisotopic (exact) mass is 384 g/mol. The Hall–Kier alpha value is -2.44. The smallest absolute Gasteiger partial charge is 0.242 e. The van der Waals surface area contributed by atoms with E-state index in [1.807, 2.05) is 21.9 Å². The molecular formula is C21H28N4O3. The highest BCUT2D eigenvalue weighted by Gasteiger charge is 2.41. The number of pyridine rings is 1. The summed E-state index contributed by atoms with van der Waals surface area (Å²) in [6.45, 7) is 3.76. The highest BCUT2D eigenvalue weighted by atomic mass is 16.2. The van der Waals surface area contributed by atoms with Crippen LogP contribution < -0.4 is 0 Å². The van der Waals surface area contributed by atoms with Crippen molar-refractivity contribution < 1.29 is 14.4 Å². The molecule has 4 rings (SSSR count). The van der Waals surface area contributed by atoms with Crippen molar-refractivity contribution in [1.82, 2.24) is 19.7 Å². The van der Waals surface area contributed by atoms with Gasteiger partial charge in [-0.2, -0.15) is 0 Å². The normalized spacial score (nSPS) is 22.2. The first-order valence-corrected chi connectivity index (χ1v) is 10.3. The number of piperidine rings is 2. The predicted octanol–water partition coefficient (Wildman–Crippen LogP) is 1.44. The third kappa shape index (κ3) is 4.03. The summed E-state index contributed by atoms with van der Waals surface area (Å²) in [6, 6.07) is 3.91. The molecule has 0 N–H and O–H groups in total. The molecule has 0 saturated carbocycles. The van der Waals surface area contributed by atoms with E-state index < -0.39 is 0 Å². The fourth-order valence-corrected chi connectivity index (χ4v) is 4.73. The first-order valence-electron chi connectivity index (χ1n) is 10.3. The average Bonchev–Trinajstić information content (AvgIpc) is 3.11. The number of likely N-dealkylation sites (tertiary alicyclic amines) is 3. The van der Waals surface area contributed by atoms with Crippen LogP contribution in [-0.2, 0) is 20.9 Å². The molecule has 0 aliphatic carbocycles. The summed E-state index contributed by atoms with van der Waals surface area (Å²) in [7, 11) is 0. The van der Waals surface area contributed by atoms with Gasteiger partial charge in [0.25, 0.3) is 0 Å². The number of hydrogen-bond acceptors (Lipinski definition) is 4. The van der Waals surface area contributed by atoms with Gasteiger partial charge < -0.3 is 14.7 Å². The maximum absolute atomic E-state index is 12.6. The van der Waals surface area contributed by atoms with Crippen molar-refractivity contribution in [3.05, 3.63) is 30.1 Å². The summed E-state index contributed by atoms with van der Waals surface area (Å²) in [6.07, 6.45) is 8.28. The molecule has 3 aliphatic rings. The lowest BCUT2D eigenvalue weighted by Gasteiger charge is -2.47. The maximum Gasteiger partial charge on any atom is 0.242 e. The summed E-state index contributed by atoms with van der Waals surface area (Å²) in [4.78, 5) is 46.4. The van der Waals surface area contributed by atoms with Crippen LogP contribution in [0.2, 0.25) is 0 Å². The second-order valence-electron chi connectivity index (χ2n) is 8.40. The zero-order chi connectivity index (χ0) is 19.6. The Labute approximate surface area is 165 Å². The van der Waals surface area contributed by atoms with Gasteiger partial charge >= 0.3 is 0 Å². The van der Waals surface area contributed by atoms with Crippen LogP contribution in [-0.4, -0.2) is 70.1 Å². The van der Waals surface area contributed by atoms with E-state index in [4.69, 9.17) is 0 Å². The Morgan fingerprint density at radius 2 is 1.68 bits per heavy atom. The topological polar surface area (TPSA) is 73.8 Å². The van der Waals surface area contributed by atoms with Gasteiger partial charge in [0.05, 0.1) is 6.54 Å². The maximum atomic E-state index is 12.6. The summed E-state index contributed by atoms with van der Waals surface area (Å²) in [5, 5.41) is 0. The first kappa shape index (κ1) is 18.9. The molecule has 1 aromatic heterocycles. The number of amides is 3. The quantitative estimate of drug-likeness (QED) is 0.787. The van der Waals surface area contributed by atoms with Crippen molar-refractivity contribution in [2.75, 3.05) is 32.7 Å². The van der Waals surface area contributed by atoms with Crippen LogP contribution in [0.15, 0.2) is 24.5 Å². The summed E-state index contributed by atoms with van der Waals surface area (Å²) in [5.41, 5.74) is 1.21. The molecule has 1 aromatic rings. The minimum absolute atomic E-state index is 0.0608. The van der Waals surface area contributed by atoms with Gasteiger partial charge in [0.1, 0.15) is 0 Å². The van der Waals surface area contributed by atoms with E-state index >= 15 is 0 Å². The van der Waals surface area contributed by atoms with Gasteiger partial charge in [0.15, 0.2) is 0 Å². The van der Waals surface area contributed by atoms with E-state index in [9.17, 15) is 14.4 Å². The van der Waals surface area contributed by atoms with Gasteiger partial charge in [-0.3, -0.25) is 19.4 Å². The summed E-state index contributed by atoms with van der Waals surface area (Å²) >= 11 is 0. The van der Waals surface area contributed by atoms with E-state index in [0.29, 0.717) is 25.9 Å². The number of aromatic nitrogens is 1. The van der Waals surface area contributed by atoms with Crippen molar-refractivity contribution in [2.24, 2.45) is 5.41 Å². The molecule has 0 bridgehead atoms. The number of carbonyl (C=O) groups excluding carboxylic acids is 3. The Morgan fingerprint density at radius 1 is 0.964 bits per heavy atom. The van der Waals surface area contributed by atoms with Gasteiger partial charge in [-0.25, -0.2) is 0 Å². The molecule has 0 unspecified atom stereocenters. The van der Waals surface area contributed by atoms with Crippen molar-refractivity contribution in [1.29, 1.82) is 0 Å². The number of rotatable bonds is 4. The molecule has 0 radical (unpaired) electrons. The number of nitrogens with zero attached hydrogens (tertiary/aromatic N) is 4. The van der Waals surface area contributed by atoms with E-state index in [-0.39, 0.29) is 29.7 Å². The molecule has 3 aliphatic heterocycles. The highest BCUT2D eigenvalue weighted by Crippen LogP contribution is 2.40. The molecular weight excluding hydrogens is 356 g/mol. The van der Waals surface area contributed by atoms with Crippen molar-refractivity contribution in [3.8, 4) is 0 Å². The second kappa shape index (κ2) is 7.89. The van der Waals surface area contributed by atoms with E-state index in [1.165, 1.54) is 0 Å². The van der Waals surface area contributed by atoms with Gasteiger partial charge in [-0.05, 0) is 48.8 Å². The molecule has 7 heteroatoms. The molecule has 150 valence electrons. The average molecular weight is 384 g/mol. The third-order valence-electron chi connectivity index (χ3n) is 6.55. The van der Waals surface area contributed by atoms with Gasteiger partial charge in [0, 0.05) is 58.0 Å². The second-order valence-corrected chi connectivity index (χ2v) is 8.40. The highest BCUT2D eigenvalue weighted by molar-refractivity contribution is 5.86. The van der Waals surface area contributed by atoms with Crippen LogP contribution in [0.3, 0.4) is 0 Å². The molecule has 4 heterocycles. The standard InChI is InChI=1S/C21H28N4O3/c26-18-2-1-11-24(18)15-20(28)23-12-7-21(8-13-23)6-3-19(27)25(16-21)14-17-4-9-22-10-5-17/h4-5,9-10H,1-3,6-8,11-16H2. The summed E-state index contributed by atoms with van der Waals surface area (Å²) in [5.74, 6) is 0.374. The van der Waals surface area contributed by atoms with Gasteiger partial charge in [0.2, 0.25) is 17.7 Å². The summed E-state index contributed by atoms with van der Waals surface area (Å²) < 4.78 is 0. The molecule has 7 nitrogen and oxygen atoms in total. The molecule has 0 aromatic carbocycles. The SMILES string of the molecule is O=C(CN1CCCC1=O)N1CCC2(CCC(=O)N(Cc3ccncc3)C2)CC1. The fraction of sp³-hybridized carbons (Fsp3) is 0.619. The largest absolute Gasteiger partial charge is 0.341 e. The van der Waals surface area contributed by atoms with Crippen molar-refractivity contribution in [3.63, 3.8) is 0 Å². The van der Waals surface area contributed by atoms with E-state index in [1.54, 1.807) is 17.3 Å². The predicted molar refractivity (Wildman–Crippen MR) is 103 cm³/mol. The Bertz CT molecular complexity index is 743. The Kier molecular flexibility index (Phi) is 5.33. The lowest BCUT2D eigenvalue weighted by atomic mass is 9.72. The van der Waals surface area contributed by atoms with Crippen LogP contribution in [0.5, 0.6) is 0 Å². The van der Waals surface area contributed by atoms with Crippen molar-refractivity contribution in [2.45, 2.75) is 45.1 Å². The molecule has 0 atom stereocenters. The number of carbonyl (C=O) groups is 3. The molecule has 1 spiro atoms. The lowest BCUT2D eigenvalue weighted by molar-refractivity contribution is -0.144. The molecule has 3 amide bonds. The Morgan fingerprint density at radius 3 is 2.36 bits per heavy atom. The van der Waals surface area contributed by atoms with E-state index in [2.05, 4.69) is 4.98 Å². The zero-order valence-corrected chi connectivity index (χ0v) is 16.3. The van der Waals surface area contributed by atoms with Gasteiger partial charge in [-0.15, -0.1) is 0 Å². The third-order valence-corrected chi connectivity index (χ3v) is 6.55. The first-order chi connectivity index (χ1) is 13.5. The minimum Gasteiger partial charge on any atom is -0.341 e. The molecule has 3 fully saturated rings. The van der Waals surface area contributed by atoms with Crippen LogP contribution >= 0.6 is 0 Å². The van der Waals surface area contributed by atoms with Crippen LogP contribution in [0.1, 0.15) is 44.1 Å².